The van der Waals surface area contributed by atoms with E-state index in [2.05, 4.69) is 16.9 Å². The van der Waals surface area contributed by atoms with Gasteiger partial charge in [-0.15, -0.1) is 0 Å². The van der Waals surface area contributed by atoms with Crippen LogP contribution in [-0.2, 0) is 36.9 Å². The molecule has 1 N–H and O–H groups in total. The molecule has 1 aromatic carbocycles. The Morgan fingerprint density at radius 2 is 1.97 bits per heavy atom. The largest absolute Gasteiger partial charge is 0.768 e. The van der Waals surface area contributed by atoms with Crippen LogP contribution in [0.4, 0.5) is 0 Å². The number of piperidine rings is 1. The average molecular weight is 458 g/mol. The highest BCUT2D eigenvalue weighted by molar-refractivity contribution is 7.79. The first kappa shape index (κ1) is 23.1. The van der Waals surface area contributed by atoms with Crippen molar-refractivity contribution in [3.63, 3.8) is 0 Å². The fourth-order valence-corrected chi connectivity index (χ4v) is 5.22. The number of hydrogen-bond acceptors (Lipinski definition) is 5. The number of rotatable bonds is 8. The van der Waals surface area contributed by atoms with Crippen LogP contribution in [0.3, 0.4) is 0 Å². The average Bonchev–Trinajstić information content (AvgIpc) is 3.17. The summed E-state index contributed by atoms with van der Waals surface area (Å²) < 4.78 is 24.1. The molecule has 174 valence electrons. The van der Waals surface area contributed by atoms with Crippen molar-refractivity contribution >= 4 is 17.0 Å². The molecule has 2 aromatic rings. The molecular formula is C24H33N4O3S-. The Balaban J connectivity index is 1.41. The van der Waals surface area contributed by atoms with Crippen LogP contribution < -0.4 is 5.32 Å². The predicted molar refractivity (Wildman–Crippen MR) is 123 cm³/mol. The maximum atomic E-state index is 13.3. The third-order valence-electron chi connectivity index (χ3n) is 6.59. The number of hydrogen-bond donors (Lipinski definition) is 1. The number of aromatic nitrogens is 2. The highest BCUT2D eigenvalue weighted by Crippen LogP contribution is 2.27. The van der Waals surface area contributed by atoms with E-state index in [-0.39, 0.29) is 5.91 Å². The second-order valence-corrected chi connectivity index (χ2v) is 9.81. The van der Waals surface area contributed by atoms with E-state index in [9.17, 15) is 13.6 Å². The number of nitrogens with zero attached hydrogens (tertiary/aromatic N) is 3. The Hall–Kier alpha value is -2.03. The normalized spacial score (nSPS) is 19.6. The lowest BCUT2D eigenvalue weighted by atomic mass is 9.90. The first-order valence-electron chi connectivity index (χ1n) is 11.9. The molecule has 1 aliphatic heterocycles. The summed E-state index contributed by atoms with van der Waals surface area (Å²) in [6.45, 7) is 5.51. The molecule has 1 fully saturated rings. The molecule has 2 heterocycles. The van der Waals surface area contributed by atoms with E-state index in [0.29, 0.717) is 16.6 Å². The molecular weight excluding hydrogens is 424 g/mol. The fourth-order valence-electron chi connectivity index (χ4n) is 4.87. The summed E-state index contributed by atoms with van der Waals surface area (Å²) >= 11 is -2.18. The van der Waals surface area contributed by atoms with E-state index in [1.54, 1.807) is 12.1 Å². The first-order chi connectivity index (χ1) is 15.6. The Kier molecular flexibility index (Phi) is 7.75. The summed E-state index contributed by atoms with van der Waals surface area (Å²) in [4.78, 5) is 15.6. The number of carbonyl (C=O) groups excluding carboxylic acids is 1. The molecule has 7 nitrogen and oxygen atoms in total. The number of amides is 1. The van der Waals surface area contributed by atoms with Crippen molar-refractivity contribution in [2.45, 2.75) is 75.8 Å². The zero-order chi connectivity index (χ0) is 22.5. The van der Waals surface area contributed by atoms with Gasteiger partial charge in [0.1, 0.15) is 0 Å². The van der Waals surface area contributed by atoms with E-state index in [0.717, 1.165) is 82.3 Å². The molecule has 1 amide bonds. The van der Waals surface area contributed by atoms with E-state index in [1.165, 1.54) is 12.1 Å². The first-order valence-corrected chi connectivity index (χ1v) is 12.9. The maximum Gasteiger partial charge on any atom is 0.274 e. The Morgan fingerprint density at radius 3 is 2.66 bits per heavy atom. The molecule has 2 aliphatic rings. The zero-order valence-corrected chi connectivity index (χ0v) is 19.7. The van der Waals surface area contributed by atoms with Crippen molar-refractivity contribution in [1.29, 1.82) is 0 Å². The summed E-state index contributed by atoms with van der Waals surface area (Å²) in [6.07, 6.45) is 8.03. The van der Waals surface area contributed by atoms with Crippen LogP contribution in [0.1, 0.15) is 66.3 Å². The minimum atomic E-state index is -2.18. The van der Waals surface area contributed by atoms with E-state index in [4.69, 9.17) is 5.10 Å². The molecule has 1 aromatic heterocycles. The number of aryl methyl sites for hydroxylation is 1. The molecule has 0 bridgehead atoms. The second kappa shape index (κ2) is 10.7. The summed E-state index contributed by atoms with van der Waals surface area (Å²) in [5.74, 6) is 0.104. The molecule has 0 radical (unpaired) electrons. The molecule has 2 unspecified atom stereocenters. The molecule has 0 spiro atoms. The Morgan fingerprint density at radius 1 is 1.22 bits per heavy atom. The third-order valence-corrected chi connectivity index (χ3v) is 7.25. The quantitative estimate of drug-likeness (QED) is 0.616. The lowest BCUT2D eigenvalue weighted by molar-refractivity contribution is 0.0716. The van der Waals surface area contributed by atoms with Crippen molar-refractivity contribution in [1.82, 2.24) is 20.0 Å². The smallest absolute Gasteiger partial charge is 0.274 e. The van der Waals surface area contributed by atoms with Crippen LogP contribution in [0, 0.1) is 0 Å². The van der Waals surface area contributed by atoms with Crippen LogP contribution >= 0.6 is 0 Å². The van der Waals surface area contributed by atoms with Gasteiger partial charge in [-0.3, -0.25) is 13.7 Å². The van der Waals surface area contributed by atoms with Gasteiger partial charge in [0.15, 0.2) is 5.69 Å². The predicted octanol–water partition coefficient (Wildman–Crippen LogP) is 2.85. The molecule has 4 rings (SSSR count). The molecule has 2 atom stereocenters. The fraction of sp³-hybridized carbons (Fsp3) is 0.583. The van der Waals surface area contributed by atoms with Crippen LogP contribution in [-0.4, -0.2) is 55.0 Å². The van der Waals surface area contributed by atoms with Crippen LogP contribution in [0.5, 0.6) is 0 Å². The van der Waals surface area contributed by atoms with Gasteiger partial charge < -0.3 is 14.8 Å². The lowest BCUT2D eigenvalue weighted by Crippen LogP contribution is -2.38. The van der Waals surface area contributed by atoms with Crippen molar-refractivity contribution in [3.05, 3.63) is 46.8 Å². The third kappa shape index (κ3) is 5.30. The molecule has 1 aliphatic carbocycles. The number of fused-ring (bicyclic) bond motifs is 1. The molecule has 0 saturated carbocycles. The number of nitrogens with one attached hydrogen (secondary N) is 1. The van der Waals surface area contributed by atoms with E-state index >= 15 is 0 Å². The Bertz CT molecular complexity index is 951. The summed E-state index contributed by atoms with van der Waals surface area (Å²) in [7, 11) is 0. The maximum absolute atomic E-state index is 13.3. The Labute approximate surface area is 192 Å². The monoisotopic (exact) mass is 457 g/mol. The van der Waals surface area contributed by atoms with Gasteiger partial charge in [0.05, 0.1) is 0 Å². The second-order valence-electron chi connectivity index (χ2n) is 8.87. The van der Waals surface area contributed by atoms with Crippen molar-refractivity contribution in [3.8, 4) is 0 Å². The summed E-state index contributed by atoms with van der Waals surface area (Å²) in [5, 5.41) is 8.44. The van der Waals surface area contributed by atoms with Gasteiger partial charge in [0.2, 0.25) is 0 Å². The van der Waals surface area contributed by atoms with Crippen LogP contribution in [0.25, 0.3) is 0 Å². The zero-order valence-electron chi connectivity index (χ0n) is 18.8. The van der Waals surface area contributed by atoms with Gasteiger partial charge in [-0.2, -0.15) is 5.10 Å². The van der Waals surface area contributed by atoms with Crippen molar-refractivity contribution in [2.75, 3.05) is 19.6 Å². The van der Waals surface area contributed by atoms with Crippen LogP contribution in [0.2, 0.25) is 0 Å². The SMILES string of the molecule is CCCn1nc(C(=O)N2CCCCC2)c2c1CCC(NCCc1ccc(S(=O)[O-])cc1)C2. The van der Waals surface area contributed by atoms with Gasteiger partial charge in [-0.05, 0) is 86.7 Å². The van der Waals surface area contributed by atoms with Gasteiger partial charge in [-0.25, -0.2) is 0 Å². The van der Waals surface area contributed by atoms with E-state index < -0.39 is 11.1 Å². The highest BCUT2D eigenvalue weighted by atomic mass is 32.2. The molecule has 8 heteroatoms. The van der Waals surface area contributed by atoms with Crippen molar-refractivity contribution < 1.29 is 13.6 Å². The summed E-state index contributed by atoms with van der Waals surface area (Å²) in [6, 6.07) is 7.35. The number of likely N-dealkylation sites (tertiary alicyclic amines) is 1. The molecule has 1 saturated heterocycles. The minimum Gasteiger partial charge on any atom is -0.768 e. The van der Waals surface area contributed by atoms with Gasteiger partial charge in [0.25, 0.3) is 5.91 Å². The minimum absolute atomic E-state index is 0.104. The standard InChI is InChI=1S/C24H34N4O3S/c1-2-14-28-22-11-8-19(25-13-12-18-6-9-20(10-7-18)32(30)31)17-21(22)23(26-28)24(29)27-15-4-3-5-16-27/h6-7,9-10,19,25H,2-5,8,11-17H2,1H3,(H,30,31)/p-1. The van der Waals surface area contributed by atoms with Gasteiger partial charge >= 0.3 is 0 Å². The number of benzene rings is 1. The van der Waals surface area contributed by atoms with E-state index in [1.807, 2.05) is 17.0 Å². The van der Waals surface area contributed by atoms with Crippen LogP contribution in [0.15, 0.2) is 29.2 Å². The topological polar surface area (TPSA) is 90.3 Å². The van der Waals surface area contributed by atoms with Crippen molar-refractivity contribution in [2.24, 2.45) is 0 Å². The summed E-state index contributed by atoms with van der Waals surface area (Å²) in [5.41, 5.74) is 4.16. The van der Waals surface area contributed by atoms with Gasteiger partial charge in [-0.1, -0.05) is 19.1 Å². The number of carbonyl (C=O) groups is 1. The highest BCUT2D eigenvalue weighted by Gasteiger charge is 2.31. The lowest BCUT2D eigenvalue weighted by Gasteiger charge is -2.28. The molecule has 32 heavy (non-hydrogen) atoms. The van der Waals surface area contributed by atoms with Gasteiger partial charge in [0, 0.05) is 41.8 Å².